The van der Waals surface area contributed by atoms with Crippen molar-refractivity contribution in [1.29, 1.82) is 0 Å². The number of anilines is 1. The smallest absolute Gasteiger partial charge is 0.256 e. The Morgan fingerprint density at radius 1 is 1.34 bits per heavy atom. The highest BCUT2D eigenvalue weighted by atomic mass is 79.9. The van der Waals surface area contributed by atoms with Crippen LogP contribution >= 0.6 is 27.3 Å². The molecule has 0 radical (unpaired) electrons. The Bertz CT molecular complexity index is 946. The van der Waals surface area contributed by atoms with Crippen molar-refractivity contribution in [2.45, 2.75) is 47.0 Å². The number of carbonyl (C=O) groups excluding carboxylic acids is 2. The molecular weight excluding hydrogens is 452 g/mol. The molecular formula is C22H27BrN2O3S. The van der Waals surface area contributed by atoms with Crippen molar-refractivity contribution < 1.29 is 14.3 Å². The van der Waals surface area contributed by atoms with Gasteiger partial charge in [-0.25, -0.2) is 0 Å². The molecule has 1 aromatic carbocycles. The molecule has 0 aliphatic heterocycles. The van der Waals surface area contributed by atoms with Gasteiger partial charge in [0.2, 0.25) is 0 Å². The third-order valence-electron chi connectivity index (χ3n) is 5.46. The third kappa shape index (κ3) is 4.67. The van der Waals surface area contributed by atoms with Gasteiger partial charge in [-0.1, -0.05) is 20.8 Å². The van der Waals surface area contributed by atoms with Gasteiger partial charge < -0.3 is 15.8 Å². The Morgan fingerprint density at radius 2 is 2.07 bits per heavy atom. The van der Waals surface area contributed by atoms with Crippen LogP contribution < -0.4 is 15.8 Å². The van der Waals surface area contributed by atoms with Crippen molar-refractivity contribution in [1.82, 2.24) is 0 Å². The number of amides is 2. The van der Waals surface area contributed by atoms with Gasteiger partial charge in [-0.15, -0.1) is 11.3 Å². The highest BCUT2D eigenvalue weighted by Gasteiger charge is 2.33. The fourth-order valence-electron chi connectivity index (χ4n) is 3.76. The van der Waals surface area contributed by atoms with E-state index in [1.165, 1.54) is 11.3 Å². The first-order valence-electron chi connectivity index (χ1n) is 9.79. The standard InChI is InChI=1S/C22H27BrN2O3S/c1-5-28-16-9-6-12(10-15(16)23)20(27)25-21-18(19(24)26)14-8-7-13(22(2,3)4)11-17(14)29-21/h6,9-10,13H,5,7-8,11H2,1-4H3,(H2,24,26)(H,25,27)/t13-/m1/s1. The second kappa shape index (κ2) is 8.48. The zero-order chi connectivity index (χ0) is 21.3. The number of benzene rings is 1. The van der Waals surface area contributed by atoms with Crippen LogP contribution in [-0.4, -0.2) is 18.4 Å². The molecule has 2 aromatic rings. The first kappa shape index (κ1) is 21.8. The van der Waals surface area contributed by atoms with E-state index in [0.29, 0.717) is 38.9 Å². The number of primary amides is 1. The lowest BCUT2D eigenvalue weighted by Crippen LogP contribution is -2.27. The number of nitrogens with one attached hydrogen (secondary N) is 1. The summed E-state index contributed by atoms with van der Waals surface area (Å²) in [5.74, 6) is 0.462. The molecule has 7 heteroatoms. The molecule has 1 heterocycles. The summed E-state index contributed by atoms with van der Waals surface area (Å²) in [4.78, 5) is 26.2. The van der Waals surface area contributed by atoms with E-state index in [4.69, 9.17) is 10.5 Å². The van der Waals surface area contributed by atoms with Crippen molar-refractivity contribution in [3.05, 3.63) is 44.2 Å². The predicted octanol–water partition coefficient (Wildman–Crippen LogP) is 5.41. The summed E-state index contributed by atoms with van der Waals surface area (Å²) in [6, 6.07) is 5.18. The van der Waals surface area contributed by atoms with Crippen molar-refractivity contribution >= 4 is 44.1 Å². The summed E-state index contributed by atoms with van der Waals surface area (Å²) >= 11 is 4.91. The average Bonchev–Trinajstić information content (AvgIpc) is 2.99. The van der Waals surface area contributed by atoms with Gasteiger partial charge in [0.25, 0.3) is 11.8 Å². The summed E-state index contributed by atoms with van der Waals surface area (Å²) in [6.45, 7) is 9.19. The van der Waals surface area contributed by atoms with Crippen molar-refractivity contribution in [2.24, 2.45) is 17.1 Å². The van der Waals surface area contributed by atoms with Gasteiger partial charge in [-0.05, 0) is 77.2 Å². The number of halogens is 1. The number of fused-ring (bicyclic) bond motifs is 1. The Hall–Kier alpha value is -1.86. The number of carbonyl (C=O) groups is 2. The van der Waals surface area contributed by atoms with Crippen LogP contribution in [0.4, 0.5) is 5.00 Å². The van der Waals surface area contributed by atoms with Crippen molar-refractivity contribution in [3.8, 4) is 5.75 Å². The molecule has 0 fully saturated rings. The van der Waals surface area contributed by atoms with E-state index in [1.807, 2.05) is 6.92 Å². The third-order valence-corrected chi connectivity index (χ3v) is 7.25. The molecule has 0 saturated carbocycles. The quantitative estimate of drug-likeness (QED) is 0.602. The summed E-state index contributed by atoms with van der Waals surface area (Å²) in [5.41, 5.74) is 7.84. The molecule has 3 rings (SSSR count). The van der Waals surface area contributed by atoms with Gasteiger partial charge in [0.1, 0.15) is 10.8 Å². The van der Waals surface area contributed by atoms with Crippen LogP contribution in [0.5, 0.6) is 5.75 Å². The first-order valence-corrected chi connectivity index (χ1v) is 11.4. The maximum absolute atomic E-state index is 12.8. The van der Waals surface area contributed by atoms with Crippen LogP contribution in [0.25, 0.3) is 0 Å². The van der Waals surface area contributed by atoms with Gasteiger partial charge in [0.15, 0.2) is 0 Å². The average molecular weight is 479 g/mol. The summed E-state index contributed by atoms with van der Waals surface area (Å²) in [6.07, 6.45) is 2.75. The molecule has 0 bridgehead atoms. The zero-order valence-electron chi connectivity index (χ0n) is 17.2. The normalized spacial score (nSPS) is 16.2. The molecule has 1 aliphatic carbocycles. The van der Waals surface area contributed by atoms with Crippen LogP contribution in [0.15, 0.2) is 22.7 Å². The molecule has 1 aliphatic rings. The topological polar surface area (TPSA) is 81.4 Å². The van der Waals surface area contributed by atoms with Crippen molar-refractivity contribution in [3.63, 3.8) is 0 Å². The second-order valence-corrected chi connectivity index (χ2v) is 10.4. The van der Waals surface area contributed by atoms with Gasteiger partial charge >= 0.3 is 0 Å². The van der Waals surface area contributed by atoms with Crippen molar-refractivity contribution in [2.75, 3.05) is 11.9 Å². The largest absolute Gasteiger partial charge is 0.493 e. The Kier molecular flexibility index (Phi) is 6.39. The van der Waals surface area contributed by atoms with E-state index in [1.54, 1.807) is 18.2 Å². The zero-order valence-corrected chi connectivity index (χ0v) is 19.6. The monoisotopic (exact) mass is 478 g/mol. The predicted molar refractivity (Wildman–Crippen MR) is 121 cm³/mol. The summed E-state index contributed by atoms with van der Waals surface area (Å²) in [7, 11) is 0. The maximum Gasteiger partial charge on any atom is 0.256 e. The highest BCUT2D eigenvalue weighted by molar-refractivity contribution is 9.10. The second-order valence-electron chi connectivity index (χ2n) is 8.41. The summed E-state index contributed by atoms with van der Waals surface area (Å²) in [5, 5.41) is 3.46. The Balaban J connectivity index is 1.88. The summed E-state index contributed by atoms with van der Waals surface area (Å²) < 4.78 is 6.20. The van der Waals surface area contributed by atoms with Crippen LogP contribution in [0.3, 0.4) is 0 Å². The molecule has 0 unspecified atom stereocenters. The molecule has 29 heavy (non-hydrogen) atoms. The van der Waals surface area contributed by atoms with E-state index in [9.17, 15) is 9.59 Å². The fourth-order valence-corrected chi connectivity index (χ4v) is 5.58. The van der Waals surface area contributed by atoms with E-state index >= 15 is 0 Å². The lowest BCUT2D eigenvalue weighted by Gasteiger charge is -2.33. The number of rotatable bonds is 5. The first-order chi connectivity index (χ1) is 13.6. The molecule has 1 atom stereocenters. The van der Waals surface area contributed by atoms with Gasteiger partial charge in [0, 0.05) is 10.4 Å². The fraction of sp³-hybridized carbons (Fsp3) is 0.455. The minimum atomic E-state index is -0.486. The number of hydrogen-bond acceptors (Lipinski definition) is 4. The molecule has 0 saturated heterocycles. The maximum atomic E-state index is 12.8. The molecule has 3 N–H and O–H groups in total. The van der Waals surface area contributed by atoms with Crippen LogP contribution in [-0.2, 0) is 12.8 Å². The molecule has 2 amide bonds. The van der Waals surface area contributed by atoms with Crippen LogP contribution in [0.1, 0.15) is 65.3 Å². The van der Waals surface area contributed by atoms with Gasteiger partial charge in [0.05, 0.1) is 16.6 Å². The van der Waals surface area contributed by atoms with E-state index < -0.39 is 5.91 Å². The SMILES string of the molecule is CCOc1ccc(C(=O)Nc2sc3c(c2C(N)=O)CC[C@@H](C(C)(C)C)C3)cc1Br. The van der Waals surface area contributed by atoms with E-state index in [2.05, 4.69) is 42.0 Å². The molecule has 1 aromatic heterocycles. The Labute approximate surface area is 184 Å². The van der Waals surface area contributed by atoms with Crippen LogP contribution in [0.2, 0.25) is 0 Å². The highest BCUT2D eigenvalue weighted by Crippen LogP contribution is 2.44. The van der Waals surface area contributed by atoms with E-state index in [-0.39, 0.29) is 11.3 Å². The van der Waals surface area contributed by atoms with E-state index in [0.717, 1.165) is 29.7 Å². The molecule has 156 valence electrons. The minimum Gasteiger partial charge on any atom is -0.493 e. The molecule has 5 nitrogen and oxygen atoms in total. The minimum absolute atomic E-state index is 0.201. The lowest BCUT2D eigenvalue weighted by atomic mass is 9.72. The lowest BCUT2D eigenvalue weighted by molar-refractivity contribution is 0.1000. The Morgan fingerprint density at radius 3 is 2.66 bits per heavy atom. The molecule has 0 spiro atoms. The number of hydrogen-bond donors (Lipinski definition) is 2. The number of ether oxygens (including phenoxy) is 1. The van der Waals surface area contributed by atoms with Crippen LogP contribution in [0, 0.1) is 11.3 Å². The number of thiophene rings is 1. The van der Waals surface area contributed by atoms with Gasteiger partial charge in [-0.2, -0.15) is 0 Å². The van der Waals surface area contributed by atoms with Gasteiger partial charge in [-0.3, -0.25) is 9.59 Å². The number of nitrogens with two attached hydrogens (primary N) is 1.